The summed E-state index contributed by atoms with van der Waals surface area (Å²) in [5.41, 5.74) is 3.38. The van der Waals surface area contributed by atoms with Crippen LogP contribution in [0.15, 0.2) is 10.9 Å². The standard InChI is InChI=1S/C22H31N5O2/c1-14(2)25-11-9-17-16(13-25)22(29)27-20(23-17)12-18(24-27)19-8-3-4-10-26(19)21(28)15-6-5-7-15/h12,14-15,19,24H,3-11,13H2,1-2H3/t19-/m1/s1. The molecular formula is C22H31N5O2. The van der Waals surface area contributed by atoms with Crippen LogP contribution in [0.2, 0.25) is 0 Å². The molecule has 29 heavy (non-hydrogen) atoms. The highest BCUT2D eigenvalue weighted by atomic mass is 16.2. The van der Waals surface area contributed by atoms with Gasteiger partial charge in [-0.15, -0.1) is 0 Å². The highest BCUT2D eigenvalue weighted by Gasteiger charge is 2.36. The Morgan fingerprint density at radius 1 is 1.17 bits per heavy atom. The second-order valence-corrected chi connectivity index (χ2v) is 9.23. The van der Waals surface area contributed by atoms with Crippen molar-refractivity contribution in [2.45, 2.75) is 77.4 Å². The molecule has 156 valence electrons. The van der Waals surface area contributed by atoms with Crippen LogP contribution in [-0.4, -0.2) is 49.4 Å². The highest BCUT2D eigenvalue weighted by Crippen LogP contribution is 2.36. The maximum absolute atomic E-state index is 13.2. The van der Waals surface area contributed by atoms with Gasteiger partial charge in [-0.2, -0.15) is 0 Å². The molecule has 0 unspecified atom stereocenters. The van der Waals surface area contributed by atoms with Gasteiger partial charge in [-0.1, -0.05) is 6.42 Å². The van der Waals surface area contributed by atoms with E-state index in [0.29, 0.717) is 24.1 Å². The summed E-state index contributed by atoms with van der Waals surface area (Å²) in [5, 5.41) is 3.32. The molecule has 0 aromatic carbocycles. The minimum Gasteiger partial charge on any atom is -0.334 e. The van der Waals surface area contributed by atoms with Gasteiger partial charge in [0.25, 0.3) is 5.56 Å². The topological polar surface area (TPSA) is 73.7 Å². The van der Waals surface area contributed by atoms with E-state index in [1.54, 1.807) is 4.52 Å². The van der Waals surface area contributed by atoms with E-state index in [9.17, 15) is 9.59 Å². The van der Waals surface area contributed by atoms with E-state index < -0.39 is 0 Å². The molecule has 2 aliphatic heterocycles. The van der Waals surface area contributed by atoms with E-state index in [2.05, 4.69) is 28.7 Å². The number of rotatable bonds is 3. The first-order chi connectivity index (χ1) is 14.0. The summed E-state index contributed by atoms with van der Waals surface area (Å²) in [6.45, 7) is 6.75. The van der Waals surface area contributed by atoms with Crippen molar-refractivity contribution in [2.24, 2.45) is 5.92 Å². The van der Waals surface area contributed by atoms with E-state index in [-0.39, 0.29) is 17.5 Å². The summed E-state index contributed by atoms with van der Waals surface area (Å²) < 4.78 is 1.60. The molecule has 1 aliphatic carbocycles. The molecule has 0 bridgehead atoms. The monoisotopic (exact) mass is 397 g/mol. The second kappa shape index (κ2) is 7.27. The van der Waals surface area contributed by atoms with E-state index in [0.717, 1.165) is 68.6 Å². The smallest absolute Gasteiger partial charge is 0.277 e. The number of fused-ring (bicyclic) bond motifs is 2. The number of hydrogen-bond donors (Lipinski definition) is 1. The van der Waals surface area contributed by atoms with Crippen LogP contribution in [0.25, 0.3) is 5.65 Å². The zero-order valence-electron chi connectivity index (χ0n) is 17.5. The number of nitrogens with one attached hydrogen (secondary N) is 1. The minimum absolute atomic E-state index is 0.00859. The van der Waals surface area contributed by atoms with E-state index >= 15 is 0 Å². The van der Waals surface area contributed by atoms with Gasteiger partial charge in [-0.05, 0) is 46.0 Å². The zero-order valence-corrected chi connectivity index (χ0v) is 17.5. The number of likely N-dealkylation sites (tertiary alicyclic amines) is 1. The van der Waals surface area contributed by atoms with Crippen molar-refractivity contribution in [1.82, 2.24) is 24.4 Å². The second-order valence-electron chi connectivity index (χ2n) is 9.23. The number of carbonyl (C=O) groups excluding carboxylic acids is 1. The lowest BCUT2D eigenvalue weighted by Gasteiger charge is -2.39. The lowest BCUT2D eigenvalue weighted by Crippen LogP contribution is -2.43. The summed E-state index contributed by atoms with van der Waals surface area (Å²) >= 11 is 0. The molecule has 4 heterocycles. The third-order valence-corrected chi connectivity index (χ3v) is 7.14. The molecule has 3 aliphatic rings. The molecule has 7 heteroatoms. The number of nitrogens with zero attached hydrogens (tertiary/aromatic N) is 4. The molecule has 1 saturated carbocycles. The molecule has 0 radical (unpaired) electrons. The molecule has 7 nitrogen and oxygen atoms in total. The Hall–Kier alpha value is -2.15. The quantitative estimate of drug-likeness (QED) is 0.864. The van der Waals surface area contributed by atoms with Gasteiger partial charge in [-0.3, -0.25) is 19.6 Å². The minimum atomic E-state index is 0.00859. The van der Waals surface area contributed by atoms with Crippen LogP contribution in [0.3, 0.4) is 0 Å². The number of piperidine rings is 1. The molecule has 1 saturated heterocycles. The van der Waals surface area contributed by atoms with Crippen molar-refractivity contribution in [3.8, 4) is 0 Å². The van der Waals surface area contributed by atoms with Crippen LogP contribution < -0.4 is 5.56 Å². The normalized spacial score (nSPS) is 23.4. The van der Waals surface area contributed by atoms with Crippen LogP contribution >= 0.6 is 0 Å². The van der Waals surface area contributed by atoms with Gasteiger partial charge in [0, 0.05) is 44.1 Å². The Morgan fingerprint density at radius 3 is 2.72 bits per heavy atom. The molecule has 1 atom stereocenters. The zero-order chi connectivity index (χ0) is 20.1. The number of carbonyl (C=O) groups is 1. The summed E-state index contributed by atoms with van der Waals surface area (Å²) in [7, 11) is 0. The van der Waals surface area contributed by atoms with Gasteiger partial charge in [0.15, 0.2) is 5.65 Å². The van der Waals surface area contributed by atoms with Crippen molar-refractivity contribution < 1.29 is 4.79 Å². The van der Waals surface area contributed by atoms with Crippen molar-refractivity contribution >= 4 is 11.6 Å². The van der Waals surface area contributed by atoms with Crippen molar-refractivity contribution in [1.29, 1.82) is 0 Å². The first-order valence-electron chi connectivity index (χ1n) is 11.2. The first kappa shape index (κ1) is 18.9. The van der Waals surface area contributed by atoms with Gasteiger partial charge >= 0.3 is 0 Å². The van der Waals surface area contributed by atoms with Crippen LogP contribution in [0.4, 0.5) is 0 Å². The molecule has 2 fully saturated rings. The van der Waals surface area contributed by atoms with Gasteiger partial charge in [-0.25, -0.2) is 9.50 Å². The fraction of sp³-hybridized carbons (Fsp3) is 0.682. The van der Waals surface area contributed by atoms with Crippen LogP contribution in [0.1, 0.15) is 75.4 Å². The fourth-order valence-corrected chi connectivity index (χ4v) is 5.04. The van der Waals surface area contributed by atoms with Gasteiger partial charge in [0.05, 0.1) is 23.0 Å². The van der Waals surface area contributed by atoms with Gasteiger partial charge < -0.3 is 4.90 Å². The third-order valence-electron chi connectivity index (χ3n) is 7.14. The molecule has 5 rings (SSSR count). The van der Waals surface area contributed by atoms with E-state index in [1.165, 1.54) is 6.42 Å². The highest BCUT2D eigenvalue weighted by molar-refractivity contribution is 5.80. The number of aromatic nitrogens is 3. The average molecular weight is 398 g/mol. The number of H-pyrrole nitrogens is 1. The average Bonchev–Trinajstić information content (AvgIpc) is 3.10. The Balaban J connectivity index is 1.50. The van der Waals surface area contributed by atoms with Crippen molar-refractivity contribution in [2.75, 3.05) is 13.1 Å². The number of hydrogen-bond acceptors (Lipinski definition) is 4. The number of amides is 1. The maximum Gasteiger partial charge on any atom is 0.277 e. The summed E-state index contributed by atoms with van der Waals surface area (Å²) in [6.07, 6.45) is 7.14. The summed E-state index contributed by atoms with van der Waals surface area (Å²) in [5.74, 6) is 0.502. The Bertz CT molecular complexity index is 987. The molecular weight excluding hydrogens is 366 g/mol. The van der Waals surface area contributed by atoms with Crippen LogP contribution in [-0.2, 0) is 17.8 Å². The Morgan fingerprint density at radius 2 is 2.00 bits per heavy atom. The van der Waals surface area contributed by atoms with E-state index in [1.807, 2.05) is 6.07 Å². The van der Waals surface area contributed by atoms with E-state index in [4.69, 9.17) is 4.98 Å². The molecule has 2 aromatic rings. The van der Waals surface area contributed by atoms with Crippen LogP contribution in [0, 0.1) is 5.92 Å². The van der Waals surface area contributed by atoms with Crippen molar-refractivity contribution in [3.05, 3.63) is 33.4 Å². The Labute approximate surface area is 171 Å². The van der Waals surface area contributed by atoms with Crippen molar-refractivity contribution in [3.63, 3.8) is 0 Å². The lowest BCUT2D eigenvalue weighted by molar-refractivity contribution is -0.142. The fourth-order valence-electron chi connectivity index (χ4n) is 5.04. The largest absolute Gasteiger partial charge is 0.334 e. The molecule has 1 N–H and O–H groups in total. The predicted molar refractivity (Wildman–Crippen MR) is 111 cm³/mol. The van der Waals surface area contributed by atoms with Gasteiger partial charge in [0.2, 0.25) is 5.91 Å². The maximum atomic E-state index is 13.2. The predicted octanol–water partition coefficient (Wildman–Crippen LogP) is 2.64. The SMILES string of the molecule is CC(C)N1CCc2nc3cc([C@H]4CCCCN4C(=O)C4CCC4)[nH]n3c(=O)c2C1. The number of aromatic amines is 1. The summed E-state index contributed by atoms with van der Waals surface area (Å²) in [4.78, 5) is 35.4. The Kier molecular flexibility index (Phi) is 4.73. The molecule has 1 amide bonds. The molecule has 0 spiro atoms. The van der Waals surface area contributed by atoms with Crippen LogP contribution in [0.5, 0.6) is 0 Å². The molecule has 2 aromatic heterocycles. The first-order valence-corrected chi connectivity index (χ1v) is 11.2. The van der Waals surface area contributed by atoms with Gasteiger partial charge in [0.1, 0.15) is 0 Å². The lowest BCUT2D eigenvalue weighted by atomic mass is 9.83. The summed E-state index contributed by atoms with van der Waals surface area (Å²) in [6, 6.07) is 2.44. The third kappa shape index (κ3) is 3.19.